The molecule has 0 bridgehead atoms. The van der Waals surface area contributed by atoms with E-state index in [-0.39, 0.29) is 23.8 Å². The molecule has 8 nitrogen and oxygen atoms in total. The Morgan fingerprint density at radius 3 is 2.43 bits per heavy atom. The number of pyridine rings is 1. The van der Waals surface area contributed by atoms with Gasteiger partial charge in [0, 0.05) is 44.1 Å². The van der Waals surface area contributed by atoms with E-state index in [1.54, 1.807) is 29.4 Å². The Morgan fingerprint density at radius 2 is 1.82 bits per heavy atom. The van der Waals surface area contributed by atoms with E-state index in [0.717, 1.165) is 31.4 Å². The van der Waals surface area contributed by atoms with Crippen molar-refractivity contribution in [1.82, 2.24) is 19.9 Å². The number of carbonyl (C=O) groups is 2. The SMILES string of the molecule is Cc1cnc(C(=O)N2CCC(Oc3ccc(NC(=O)C4CC4)cn3)CC2)cn1. The number of aromatic nitrogens is 3. The molecule has 3 heterocycles. The lowest BCUT2D eigenvalue weighted by atomic mass is 10.1. The van der Waals surface area contributed by atoms with E-state index >= 15 is 0 Å². The van der Waals surface area contributed by atoms with Gasteiger partial charge in [0.2, 0.25) is 11.8 Å². The molecule has 0 unspecified atom stereocenters. The van der Waals surface area contributed by atoms with Crippen LogP contribution in [0.5, 0.6) is 5.88 Å². The van der Waals surface area contributed by atoms with Gasteiger partial charge in [-0.3, -0.25) is 14.6 Å². The number of amides is 2. The summed E-state index contributed by atoms with van der Waals surface area (Å²) in [6.07, 6.45) is 8.15. The van der Waals surface area contributed by atoms with Gasteiger partial charge in [-0.2, -0.15) is 0 Å². The second-order valence-corrected chi connectivity index (χ2v) is 7.30. The smallest absolute Gasteiger partial charge is 0.274 e. The van der Waals surface area contributed by atoms with Crippen LogP contribution in [-0.4, -0.2) is 50.9 Å². The summed E-state index contributed by atoms with van der Waals surface area (Å²) in [6, 6.07) is 3.57. The Morgan fingerprint density at radius 1 is 1.04 bits per heavy atom. The highest BCUT2D eigenvalue weighted by atomic mass is 16.5. The van der Waals surface area contributed by atoms with Crippen LogP contribution in [-0.2, 0) is 4.79 Å². The zero-order chi connectivity index (χ0) is 19.5. The van der Waals surface area contributed by atoms with Crippen molar-refractivity contribution in [3.8, 4) is 5.88 Å². The first-order valence-electron chi connectivity index (χ1n) is 9.60. The van der Waals surface area contributed by atoms with Crippen LogP contribution in [0.3, 0.4) is 0 Å². The number of likely N-dealkylation sites (tertiary alicyclic amines) is 1. The molecule has 0 spiro atoms. The third-order valence-electron chi connectivity index (χ3n) is 4.97. The number of ether oxygens (including phenoxy) is 1. The van der Waals surface area contributed by atoms with E-state index in [4.69, 9.17) is 4.74 Å². The lowest BCUT2D eigenvalue weighted by Gasteiger charge is -2.31. The highest BCUT2D eigenvalue weighted by Crippen LogP contribution is 2.30. The van der Waals surface area contributed by atoms with Gasteiger partial charge in [0.25, 0.3) is 5.91 Å². The summed E-state index contributed by atoms with van der Waals surface area (Å²) in [7, 11) is 0. The summed E-state index contributed by atoms with van der Waals surface area (Å²) in [6.45, 7) is 3.05. The number of hydrogen-bond donors (Lipinski definition) is 1. The maximum absolute atomic E-state index is 12.5. The second-order valence-electron chi connectivity index (χ2n) is 7.30. The number of nitrogens with one attached hydrogen (secondary N) is 1. The van der Waals surface area contributed by atoms with Crippen LogP contribution in [0.1, 0.15) is 41.9 Å². The molecule has 1 saturated heterocycles. The van der Waals surface area contributed by atoms with Crippen molar-refractivity contribution >= 4 is 17.5 Å². The number of hydrogen-bond acceptors (Lipinski definition) is 6. The van der Waals surface area contributed by atoms with Crippen molar-refractivity contribution in [3.63, 3.8) is 0 Å². The van der Waals surface area contributed by atoms with Crippen molar-refractivity contribution in [2.45, 2.75) is 38.7 Å². The van der Waals surface area contributed by atoms with E-state index in [0.29, 0.717) is 30.4 Å². The third kappa shape index (κ3) is 4.44. The largest absolute Gasteiger partial charge is 0.474 e. The number of rotatable bonds is 5. The van der Waals surface area contributed by atoms with E-state index < -0.39 is 0 Å². The van der Waals surface area contributed by atoms with Crippen LogP contribution in [0.15, 0.2) is 30.7 Å². The van der Waals surface area contributed by atoms with Crippen LogP contribution in [0, 0.1) is 12.8 Å². The topological polar surface area (TPSA) is 97.3 Å². The Kier molecular flexibility index (Phi) is 5.18. The molecular weight excluding hydrogens is 358 g/mol. The quantitative estimate of drug-likeness (QED) is 0.853. The molecule has 0 radical (unpaired) electrons. The van der Waals surface area contributed by atoms with Gasteiger partial charge in [0.05, 0.1) is 23.8 Å². The summed E-state index contributed by atoms with van der Waals surface area (Å²) >= 11 is 0. The van der Waals surface area contributed by atoms with E-state index in [1.165, 1.54) is 6.20 Å². The highest BCUT2D eigenvalue weighted by molar-refractivity contribution is 5.94. The fraction of sp³-hybridized carbons (Fsp3) is 0.450. The monoisotopic (exact) mass is 381 g/mol. The third-order valence-corrected chi connectivity index (χ3v) is 4.97. The molecule has 2 aromatic heterocycles. The van der Waals surface area contributed by atoms with Gasteiger partial charge >= 0.3 is 0 Å². The summed E-state index contributed by atoms with van der Waals surface area (Å²) in [5, 5.41) is 2.86. The molecule has 2 aliphatic rings. The number of aryl methyl sites for hydroxylation is 1. The van der Waals surface area contributed by atoms with E-state index in [9.17, 15) is 9.59 Å². The summed E-state index contributed by atoms with van der Waals surface area (Å²) in [4.78, 5) is 38.6. The zero-order valence-electron chi connectivity index (χ0n) is 15.8. The Bertz CT molecular complexity index is 841. The molecule has 2 fully saturated rings. The van der Waals surface area contributed by atoms with Gasteiger partial charge in [-0.15, -0.1) is 0 Å². The normalized spacial score (nSPS) is 17.2. The summed E-state index contributed by atoms with van der Waals surface area (Å²) < 4.78 is 5.93. The molecule has 8 heteroatoms. The number of anilines is 1. The molecule has 2 amide bonds. The van der Waals surface area contributed by atoms with Crippen LogP contribution in [0.2, 0.25) is 0 Å². The van der Waals surface area contributed by atoms with Crippen molar-refractivity contribution in [3.05, 3.63) is 42.1 Å². The molecule has 2 aromatic rings. The van der Waals surface area contributed by atoms with Crippen LogP contribution >= 0.6 is 0 Å². The van der Waals surface area contributed by atoms with Gasteiger partial charge in [-0.05, 0) is 25.8 Å². The standard InChI is InChI=1S/C20H23N5O3/c1-13-10-22-17(12-21-13)20(27)25-8-6-16(7-9-25)28-18-5-4-15(11-23-18)24-19(26)14-2-3-14/h4-5,10-12,14,16H,2-3,6-9H2,1H3,(H,24,26). The number of carbonyl (C=O) groups excluding carboxylic acids is 2. The Hall–Kier alpha value is -3.03. The fourth-order valence-corrected chi connectivity index (χ4v) is 3.13. The molecule has 1 aliphatic heterocycles. The van der Waals surface area contributed by atoms with Crippen molar-refractivity contribution in [1.29, 1.82) is 0 Å². The highest BCUT2D eigenvalue weighted by Gasteiger charge is 2.29. The van der Waals surface area contributed by atoms with Crippen LogP contribution in [0.4, 0.5) is 5.69 Å². The fourth-order valence-electron chi connectivity index (χ4n) is 3.13. The minimum Gasteiger partial charge on any atom is -0.474 e. The zero-order valence-corrected chi connectivity index (χ0v) is 15.8. The molecule has 0 aromatic carbocycles. The van der Waals surface area contributed by atoms with Crippen molar-refractivity contribution in [2.24, 2.45) is 5.92 Å². The summed E-state index contributed by atoms with van der Waals surface area (Å²) in [5.74, 6) is 0.652. The molecule has 1 saturated carbocycles. The Balaban J connectivity index is 1.26. The predicted molar refractivity (Wildman–Crippen MR) is 102 cm³/mol. The first-order chi connectivity index (χ1) is 13.6. The summed E-state index contributed by atoms with van der Waals surface area (Å²) in [5.41, 5.74) is 1.84. The lowest BCUT2D eigenvalue weighted by Crippen LogP contribution is -2.42. The molecule has 0 atom stereocenters. The number of nitrogens with zero attached hydrogens (tertiary/aromatic N) is 4. The lowest BCUT2D eigenvalue weighted by molar-refractivity contribution is -0.117. The Labute approximate surface area is 163 Å². The second kappa shape index (κ2) is 7.92. The number of piperidine rings is 1. The van der Waals surface area contributed by atoms with Crippen LogP contribution < -0.4 is 10.1 Å². The van der Waals surface area contributed by atoms with Gasteiger partial charge in [0.15, 0.2) is 0 Å². The van der Waals surface area contributed by atoms with Crippen molar-refractivity contribution in [2.75, 3.05) is 18.4 Å². The molecular formula is C20H23N5O3. The first kappa shape index (κ1) is 18.3. The van der Waals surface area contributed by atoms with Gasteiger partial charge < -0.3 is 15.0 Å². The van der Waals surface area contributed by atoms with Crippen molar-refractivity contribution < 1.29 is 14.3 Å². The van der Waals surface area contributed by atoms with Gasteiger partial charge in [-0.1, -0.05) is 0 Å². The molecule has 1 N–H and O–H groups in total. The van der Waals surface area contributed by atoms with Crippen LogP contribution in [0.25, 0.3) is 0 Å². The average molecular weight is 381 g/mol. The van der Waals surface area contributed by atoms with E-state index in [1.807, 2.05) is 6.92 Å². The predicted octanol–water partition coefficient (Wildman–Crippen LogP) is 2.21. The first-order valence-corrected chi connectivity index (χ1v) is 9.60. The maximum Gasteiger partial charge on any atom is 0.274 e. The minimum atomic E-state index is -0.0974. The van der Waals surface area contributed by atoms with Gasteiger partial charge in [0.1, 0.15) is 11.8 Å². The van der Waals surface area contributed by atoms with Gasteiger partial charge in [-0.25, -0.2) is 9.97 Å². The molecule has 1 aliphatic carbocycles. The average Bonchev–Trinajstić information content (AvgIpc) is 3.56. The molecule has 4 rings (SSSR count). The molecule has 146 valence electrons. The molecule has 28 heavy (non-hydrogen) atoms. The van der Waals surface area contributed by atoms with E-state index in [2.05, 4.69) is 20.3 Å². The maximum atomic E-state index is 12.5. The minimum absolute atomic E-state index is 0.00700.